The zero-order chi connectivity index (χ0) is 15.6. The number of para-hydroxylation sites is 1. The third-order valence-electron chi connectivity index (χ3n) is 3.76. The Labute approximate surface area is 132 Å². The number of anilines is 1. The number of amides is 1. The van der Waals surface area contributed by atoms with Gasteiger partial charge in [-0.3, -0.25) is 4.79 Å². The topological polar surface area (TPSA) is 64.4 Å². The smallest absolute Gasteiger partial charge is 0.267 e. The zero-order valence-electron chi connectivity index (χ0n) is 12.2. The summed E-state index contributed by atoms with van der Waals surface area (Å²) in [6.07, 6.45) is 0.0232. The lowest BCUT2D eigenvalue weighted by molar-refractivity contribution is -0.122. The maximum Gasteiger partial charge on any atom is 0.267 e. The summed E-state index contributed by atoms with van der Waals surface area (Å²) in [5.74, 6) is 1.52. The molecule has 0 aliphatic carbocycles. The number of ether oxygens (including phenoxy) is 1. The van der Waals surface area contributed by atoms with Gasteiger partial charge in [-0.1, -0.05) is 53.7 Å². The van der Waals surface area contributed by atoms with Crippen LogP contribution in [0.2, 0.25) is 0 Å². The normalized spacial score (nSPS) is 15.7. The molecule has 0 fully saturated rings. The van der Waals surface area contributed by atoms with Crippen molar-refractivity contribution in [1.29, 1.82) is 0 Å². The first-order valence-electron chi connectivity index (χ1n) is 7.37. The molecule has 0 bridgehead atoms. The maximum atomic E-state index is 12.3. The molecule has 1 aromatic heterocycles. The van der Waals surface area contributed by atoms with Crippen molar-refractivity contribution in [1.82, 2.24) is 5.16 Å². The van der Waals surface area contributed by atoms with Gasteiger partial charge in [0.05, 0.1) is 0 Å². The number of hydrogen-bond donors (Lipinski definition) is 1. The second kappa shape index (κ2) is 5.61. The molecule has 1 aliphatic heterocycles. The number of carbonyl (C=O) groups is 1. The van der Waals surface area contributed by atoms with E-state index in [1.165, 1.54) is 0 Å². The lowest BCUT2D eigenvalue weighted by atomic mass is 10.1. The van der Waals surface area contributed by atoms with Crippen LogP contribution in [0.4, 0.5) is 5.82 Å². The van der Waals surface area contributed by atoms with E-state index < -0.39 is 6.10 Å². The summed E-state index contributed by atoms with van der Waals surface area (Å²) < 4.78 is 10.9. The van der Waals surface area contributed by atoms with Gasteiger partial charge in [0.15, 0.2) is 17.7 Å². The molecule has 2 heterocycles. The van der Waals surface area contributed by atoms with Crippen LogP contribution in [0.3, 0.4) is 0 Å². The van der Waals surface area contributed by atoms with E-state index in [-0.39, 0.29) is 5.91 Å². The molecule has 0 radical (unpaired) electrons. The van der Waals surface area contributed by atoms with Gasteiger partial charge in [0.2, 0.25) is 0 Å². The van der Waals surface area contributed by atoms with Crippen LogP contribution >= 0.6 is 0 Å². The molecule has 1 N–H and O–H groups in total. The molecule has 114 valence electrons. The number of fused-ring (bicyclic) bond motifs is 1. The number of nitrogens with zero attached hydrogens (tertiary/aromatic N) is 1. The monoisotopic (exact) mass is 306 g/mol. The Hall–Kier alpha value is -3.08. The SMILES string of the molecule is O=C(Nc1cc(-c2ccccc2)on1)[C@H]1Cc2ccccc2O1. The fourth-order valence-electron chi connectivity index (χ4n) is 2.61. The van der Waals surface area contributed by atoms with Gasteiger partial charge in [0.25, 0.3) is 5.91 Å². The van der Waals surface area contributed by atoms with Gasteiger partial charge in [-0.15, -0.1) is 0 Å². The van der Waals surface area contributed by atoms with Crippen molar-refractivity contribution in [3.63, 3.8) is 0 Å². The van der Waals surface area contributed by atoms with Crippen LogP contribution in [-0.2, 0) is 11.2 Å². The minimum Gasteiger partial charge on any atom is -0.480 e. The minimum absolute atomic E-state index is 0.228. The largest absolute Gasteiger partial charge is 0.480 e. The van der Waals surface area contributed by atoms with Crippen molar-refractivity contribution >= 4 is 11.7 Å². The first-order chi connectivity index (χ1) is 11.3. The summed E-state index contributed by atoms with van der Waals surface area (Å²) in [4.78, 5) is 12.3. The summed E-state index contributed by atoms with van der Waals surface area (Å²) in [5, 5.41) is 6.63. The third kappa shape index (κ3) is 2.68. The lowest BCUT2D eigenvalue weighted by Gasteiger charge is -2.09. The highest BCUT2D eigenvalue weighted by Gasteiger charge is 2.29. The first-order valence-corrected chi connectivity index (χ1v) is 7.37. The molecule has 1 aliphatic rings. The van der Waals surface area contributed by atoms with E-state index >= 15 is 0 Å². The van der Waals surface area contributed by atoms with Crippen LogP contribution in [0.5, 0.6) is 5.75 Å². The molecule has 23 heavy (non-hydrogen) atoms. The Morgan fingerprint density at radius 1 is 1.09 bits per heavy atom. The highest BCUT2D eigenvalue weighted by molar-refractivity contribution is 5.94. The third-order valence-corrected chi connectivity index (χ3v) is 3.76. The summed E-state index contributed by atoms with van der Waals surface area (Å²) in [6.45, 7) is 0. The minimum atomic E-state index is -0.538. The van der Waals surface area contributed by atoms with Gasteiger partial charge in [-0.2, -0.15) is 0 Å². The van der Waals surface area contributed by atoms with Gasteiger partial charge in [-0.25, -0.2) is 0 Å². The maximum absolute atomic E-state index is 12.3. The lowest BCUT2D eigenvalue weighted by Crippen LogP contribution is -2.31. The van der Waals surface area contributed by atoms with E-state index in [0.29, 0.717) is 18.0 Å². The molecule has 4 rings (SSSR count). The van der Waals surface area contributed by atoms with Crippen molar-refractivity contribution in [2.24, 2.45) is 0 Å². The van der Waals surface area contributed by atoms with Gasteiger partial charge >= 0.3 is 0 Å². The average Bonchev–Trinajstić information content (AvgIpc) is 3.22. The van der Waals surface area contributed by atoms with Crippen LogP contribution in [0.15, 0.2) is 65.2 Å². The summed E-state index contributed by atoms with van der Waals surface area (Å²) in [5.41, 5.74) is 1.95. The Bertz CT molecular complexity index is 817. The molecule has 1 amide bonds. The number of nitrogens with one attached hydrogen (secondary N) is 1. The van der Waals surface area contributed by atoms with E-state index in [1.807, 2.05) is 54.6 Å². The van der Waals surface area contributed by atoms with Gasteiger partial charge in [0.1, 0.15) is 5.75 Å². The molecule has 3 aromatic rings. The number of hydrogen-bond acceptors (Lipinski definition) is 4. The Balaban J connectivity index is 1.45. The molecule has 5 heteroatoms. The van der Waals surface area contributed by atoms with E-state index in [0.717, 1.165) is 16.9 Å². The van der Waals surface area contributed by atoms with Gasteiger partial charge < -0.3 is 14.6 Å². The second-order valence-electron chi connectivity index (χ2n) is 5.35. The molecule has 0 saturated heterocycles. The van der Waals surface area contributed by atoms with E-state index in [2.05, 4.69) is 10.5 Å². The van der Waals surface area contributed by atoms with Crippen LogP contribution < -0.4 is 10.1 Å². The van der Waals surface area contributed by atoms with Crippen molar-refractivity contribution in [2.45, 2.75) is 12.5 Å². The second-order valence-corrected chi connectivity index (χ2v) is 5.35. The molecular formula is C18H14N2O3. The van der Waals surface area contributed by atoms with Crippen molar-refractivity contribution in [3.8, 4) is 17.1 Å². The Morgan fingerprint density at radius 3 is 2.70 bits per heavy atom. The average molecular weight is 306 g/mol. The van der Waals surface area contributed by atoms with Crippen molar-refractivity contribution in [3.05, 3.63) is 66.2 Å². The van der Waals surface area contributed by atoms with Crippen LogP contribution in [-0.4, -0.2) is 17.2 Å². The van der Waals surface area contributed by atoms with Crippen LogP contribution in [0.1, 0.15) is 5.56 Å². The quantitative estimate of drug-likeness (QED) is 0.806. The van der Waals surface area contributed by atoms with Crippen molar-refractivity contribution < 1.29 is 14.1 Å². The van der Waals surface area contributed by atoms with Crippen molar-refractivity contribution in [2.75, 3.05) is 5.32 Å². The molecule has 2 aromatic carbocycles. The summed E-state index contributed by atoms with van der Waals surface area (Å²) in [7, 11) is 0. The first kappa shape index (κ1) is 13.6. The van der Waals surface area contributed by atoms with Gasteiger partial charge in [0, 0.05) is 18.1 Å². The standard InChI is InChI=1S/C18H14N2O3/c21-18(16-10-13-8-4-5-9-14(13)22-16)19-17-11-15(23-20-17)12-6-2-1-3-7-12/h1-9,11,16H,10H2,(H,19,20,21)/t16-/m1/s1. The van der Waals surface area contributed by atoms with E-state index in [1.54, 1.807) is 6.07 Å². The van der Waals surface area contributed by atoms with E-state index in [9.17, 15) is 4.79 Å². The van der Waals surface area contributed by atoms with Crippen LogP contribution in [0.25, 0.3) is 11.3 Å². The highest BCUT2D eigenvalue weighted by atomic mass is 16.5. The summed E-state index contributed by atoms with van der Waals surface area (Å²) >= 11 is 0. The molecule has 1 atom stereocenters. The van der Waals surface area contributed by atoms with Gasteiger partial charge in [-0.05, 0) is 11.6 Å². The zero-order valence-corrected chi connectivity index (χ0v) is 12.2. The molecule has 0 unspecified atom stereocenters. The van der Waals surface area contributed by atoms with Crippen LogP contribution in [0, 0.1) is 0 Å². The fraction of sp³-hybridized carbons (Fsp3) is 0.111. The Kier molecular flexibility index (Phi) is 3.31. The molecule has 0 spiro atoms. The predicted octanol–water partition coefficient (Wildman–Crippen LogP) is 3.28. The summed E-state index contributed by atoms with van der Waals surface area (Å²) in [6, 6.07) is 19.0. The molecule has 5 nitrogen and oxygen atoms in total. The predicted molar refractivity (Wildman–Crippen MR) is 85.1 cm³/mol. The molecular weight excluding hydrogens is 292 g/mol. The highest BCUT2D eigenvalue weighted by Crippen LogP contribution is 2.29. The molecule has 0 saturated carbocycles. The fourth-order valence-corrected chi connectivity index (χ4v) is 2.61. The Morgan fingerprint density at radius 2 is 1.87 bits per heavy atom. The number of rotatable bonds is 3. The number of aromatic nitrogens is 1. The number of carbonyl (C=O) groups excluding carboxylic acids is 1. The van der Waals surface area contributed by atoms with E-state index in [4.69, 9.17) is 9.26 Å². The number of benzene rings is 2.